The summed E-state index contributed by atoms with van der Waals surface area (Å²) >= 11 is 0. The molecule has 0 aromatic carbocycles. The van der Waals surface area contributed by atoms with Crippen LogP contribution in [0.1, 0.15) is 52.9 Å². The Kier molecular flexibility index (Phi) is 7.06. The molecule has 2 nitrogen and oxygen atoms in total. The fourth-order valence-electron chi connectivity index (χ4n) is 2.41. The van der Waals surface area contributed by atoms with Gasteiger partial charge in [-0.2, -0.15) is 0 Å². The number of rotatable bonds is 6. The average molecular weight is 226 g/mol. The number of likely N-dealkylation sites (tertiary alicyclic amines) is 1. The van der Waals surface area contributed by atoms with E-state index in [1.807, 2.05) is 0 Å². The Hall–Kier alpha value is -0.0800. The maximum absolute atomic E-state index is 3.75. The fraction of sp³-hybridized carbons (Fsp3) is 1.00. The van der Waals surface area contributed by atoms with Gasteiger partial charge in [-0.05, 0) is 57.8 Å². The van der Waals surface area contributed by atoms with Crippen molar-refractivity contribution in [1.29, 1.82) is 0 Å². The SMILES string of the molecule is CCCN1CCCC(NCC(C)CC)CC1. The Bertz CT molecular complexity index is 170. The van der Waals surface area contributed by atoms with Crippen molar-refractivity contribution < 1.29 is 0 Å². The summed E-state index contributed by atoms with van der Waals surface area (Å²) in [6, 6.07) is 0.774. The van der Waals surface area contributed by atoms with Crippen molar-refractivity contribution in [2.24, 2.45) is 5.92 Å². The molecule has 1 fully saturated rings. The summed E-state index contributed by atoms with van der Waals surface area (Å²) in [6.07, 6.45) is 6.68. The molecule has 1 aliphatic rings. The first kappa shape index (κ1) is 14.0. The van der Waals surface area contributed by atoms with Crippen molar-refractivity contribution >= 4 is 0 Å². The third kappa shape index (κ3) is 5.31. The molecule has 0 aromatic rings. The predicted molar refractivity (Wildman–Crippen MR) is 71.8 cm³/mol. The van der Waals surface area contributed by atoms with Gasteiger partial charge in [-0.1, -0.05) is 27.2 Å². The van der Waals surface area contributed by atoms with E-state index in [-0.39, 0.29) is 0 Å². The van der Waals surface area contributed by atoms with Crippen LogP contribution in [0.2, 0.25) is 0 Å². The number of nitrogens with one attached hydrogen (secondary N) is 1. The van der Waals surface area contributed by atoms with Crippen LogP contribution < -0.4 is 5.32 Å². The molecule has 96 valence electrons. The lowest BCUT2D eigenvalue weighted by Gasteiger charge is -2.20. The maximum Gasteiger partial charge on any atom is 0.00798 e. The molecule has 0 aromatic heterocycles. The van der Waals surface area contributed by atoms with Gasteiger partial charge in [0.15, 0.2) is 0 Å². The second-order valence-electron chi connectivity index (χ2n) is 5.39. The van der Waals surface area contributed by atoms with Crippen molar-refractivity contribution in [3.63, 3.8) is 0 Å². The molecule has 1 saturated heterocycles. The van der Waals surface area contributed by atoms with Crippen molar-refractivity contribution in [3.8, 4) is 0 Å². The van der Waals surface area contributed by atoms with E-state index in [0.29, 0.717) is 0 Å². The topological polar surface area (TPSA) is 15.3 Å². The van der Waals surface area contributed by atoms with Crippen molar-refractivity contribution in [2.45, 2.75) is 58.9 Å². The minimum absolute atomic E-state index is 0.774. The van der Waals surface area contributed by atoms with Crippen LogP contribution in [0.15, 0.2) is 0 Å². The highest BCUT2D eigenvalue weighted by atomic mass is 15.1. The Labute approximate surface area is 102 Å². The summed E-state index contributed by atoms with van der Waals surface area (Å²) in [5.41, 5.74) is 0. The zero-order valence-electron chi connectivity index (χ0n) is 11.5. The van der Waals surface area contributed by atoms with E-state index in [4.69, 9.17) is 0 Å². The first-order valence-corrected chi connectivity index (χ1v) is 7.22. The third-order valence-corrected chi connectivity index (χ3v) is 3.81. The van der Waals surface area contributed by atoms with E-state index in [2.05, 4.69) is 31.0 Å². The Morgan fingerprint density at radius 1 is 1.25 bits per heavy atom. The van der Waals surface area contributed by atoms with Gasteiger partial charge in [0.1, 0.15) is 0 Å². The predicted octanol–water partition coefficient (Wildman–Crippen LogP) is 2.89. The van der Waals surface area contributed by atoms with Gasteiger partial charge < -0.3 is 10.2 Å². The summed E-state index contributed by atoms with van der Waals surface area (Å²) in [5, 5.41) is 3.75. The lowest BCUT2D eigenvalue weighted by atomic mass is 10.1. The van der Waals surface area contributed by atoms with Crippen LogP contribution in [-0.4, -0.2) is 37.1 Å². The lowest BCUT2D eigenvalue weighted by Crippen LogP contribution is -2.34. The fourth-order valence-corrected chi connectivity index (χ4v) is 2.41. The van der Waals surface area contributed by atoms with E-state index in [1.54, 1.807) is 0 Å². The minimum Gasteiger partial charge on any atom is -0.314 e. The third-order valence-electron chi connectivity index (χ3n) is 3.81. The molecule has 0 saturated carbocycles. The summed E-state index contributed by atoms with van der Waals surface area (Å²) in [4.78, 5) is 2.63. The second kappa shape index (κ2) is 8.08. The second-order valence-corrected chi connectivity index (χ2v) is 5.39. The van der Waals surface area contributed by atoms with Gasteiger partial charge in [0.2, 0.25) is 0 Å². The minimum atomic E-state index is 0.774. The molecule has 0 spiro atoms. The molecule has 2 unspecified atom stereocenters. The molecule has 2 heteroatoms. The zero-order chi connectivity index (χ0) is 11.8. The van der Waals surface area contributed by atoms with Crippen LogP contribution in [0.25, 0.3) is 0 Å². The first-order chi connectivity index (χ1) is 7.76. The van der Waals surface area contributed by atoms with E-state index in [1.165, 1.54) is 58.3 Å². The van der Waals surface area contributed by atoms with Crippen molar-refractivity contribution in [3.05, 3.63) is 0 Å². The summed E-state index contributed by atoms with van der Waals surface area (Å²) in [5.74, 6) is 0.829. The summed E-state index contributed by atoms with van der Waals surface area (Å²) in [6.45, 7) is 12.0. The standard InChI is InChI=1S/C14H30N2/c1-4-9-16-10-6-7-14(8-11-16)15-12-13(3)5-2/h13-15H,4-12H2,1-3H3. The molecule has 0 bridgehead atoms. The Balaban J connectivity index is 2.19. The molecule has 1 rings (SSSR count). The van der Waals surface area contributed by atoms with Gasteiger partial charge >= 0.3 is 0 Å². The van der Waals surface area contributed by atoms with Crippen LogP contribution in [0.3, 0.4) is 0 Å². The Morgan fingerprint density at radius 2 is 2.06 bits per heavy atom. The molecular formula is C14H30N2. The highest BCUT2D eigenvalue weighted by Gasteiger charge is 2.16. The average Bonchev–Trinajstić information content (AvgIpc) is 2.52. The lowest BCUT2D eigenvalue weighted by molar-refractivity contribution is 0.282. The number of hydrogen-bond donors (Lipinski definition) is 1. The monoisotopic (exact) mass is 226 g/mol. The van der Waals surface area contributed by atoms with Gasteiger partial charge in [-0.15, -0.1) is 0 Å². The van der Waals surface area contributed by atoms with Crippen LogP contribution in [0.5, 0.6) is 0 Å². The maximum atomic E-state index is 3.75. The summed E-state index contributed by atoms with van der Waals surface area (Å²) < 4.78 is 0. The molecule has 0 amide bonds. The van der Waals surface area contributed by atoms with E-state index >= 15 is 0 Å². The smallest absolute Gasteiger partial charge is 0.00798 e. The molecule has 2 atom stereocenters. The van der Waals surface area contributed by atoms with Gasteiger partial charge in [0.05, 0.1) is 0 Å². The molecular weight excluding hydrogens is 196 g/mol. The summed E-state index contributed by atoms with van der Waals surface area (Å²) in [7, 11) is 0. The molecule has 1 aliphatic heterocycles. The van der Waals surface area contributed by atoms with E-state index in [0.717, 1.165) is 12.0 Å². The van der Waals surface area contributed by atoms with E-state index in [9.17, 15) is 0 Å². The van der Waals surface area contributed by atoms with Crippen LogP contribution in [-0.2, 0) is 0 Å². The van der Waals surface area contributed by atoms with Crippen molar-refractivity contribution in [2.75, 3.05) is 26.2 Å². The van der Waals surface area contributed by atoms with Gasteiger partial charge in [-0.25, -0.2) is 0 Å². The van der Waals surface area contributed by atoms with Crippen LogP contribution in [0, 0.1) is 5.92 Å². The highest BCUT2D eigenvalue weighted by Crippen LogP contribution is 2.12. The first-order valence-electron chi connectivity index (χ1n) is 7.22. The zero-order valence-corrected chi connectivity index (χ0v) is 11.5. The normalized spacial score (nSPS) is 25.3. The molecule has 0 aliphatic carbocycles. The van der Waals surface area contributed by atoms with Gasteiger partial charge in [-0.3, -0.25) is 0 Å². The van der Waals surface area contributed by atoms with Gasteiger partial charge in [0, 0.05) is 6.04 Å². The highest BCUT2D eigenvalue weighted by molar-refractivity contribution is 4.75. The quantitative estimate of drug-likeness (QED) is 0.749. The molecule has 0 radical (unpaired) electrons. The van der Waals surface area contributed by atoms with E-state index < -0.39 is 0 Å². The van der Waals surface area contributed by atoms with Crippen molar-refractivity contribution in [1.82, 2.24) is 10.2 Å². The number of nitrogens with zero attached hydrogens (tertiary/aromatic N) is 1. The molecule has 16 heavy (non-hydrogen) atoms. The van der Waals surface area contributed by atoms with Gasteiger partial charge in [0.25, 0.3) is 0 Å². The largest absolute Gasteiger partial charge is 0.314 e. The van der Waals surface area contributed by atoms with Crippen LogP contribution >= 0.6 is 0 Å². The molecule has 1 heterocycles. The number of hydrogen-bond acceptors (Lipinski definition) is 2. The Morgan fingerprint density at radius 3 is 2.75 bits per heavy atom. The van der Waals surface area contributed by atoms with Crippen LogP contribution in [0.4, 0.5) is 0 Å². The molecule has 1 N–H and O–H groups in total.